The van der Waals surface area contributed by atoms with E-state index in [1.165, 1.54) is 24.3 Å². The molecule has 0 atom stereocenters. The summed E-state index contributed by atoms with van der Waals surface area (Å²) >= 11 is 0. The number of fused-ring (bicyclic) bond motifs is 6. The van der Waals surface area contributed by atoms with Crippen LogP contribution in [0.15, 0.2) is 65.5 Å². The molecule has 0 saturated heterocycles. The van der Waals surface area contributed by atoms with Gasteiger partial charge in [0.15, 0.2) is 5.69 Å². The Kier molecular flexibility index (Phi) is 4.11. The first-order valence-electron chi connectivity index (χ1n) is 10.0. The summed E-state index contributed by atoms with van der Waals surface area (Å²) < 4.78 is 86.4. The first-order valence-corrected chi connectivity index (χ1v) is 10.0. The van der Waals surface area contributed by atoms with Gasteiger partial charge in [-0.05, 0) is 24.3 Å². The van der Waals surface area contributed by atoms with E-state index in [-0.39, 0.29) is 22.1 Å². The maximum Gasteiger partial charge on any atom is 0.433 e. The fourth-order valence-electron chi connectivity index (χ4n) is 4.12. The minimum Gasteiger partial charge on any atom is -0.269 e. The van der Waals surface area contributed by atoms with Crippen LogP contribution in [0.25, 0.3) is 39.4 Å². The fraction of sp³-hybridized carbons (Fsp3) is 0.0909. The van der Waals surface area contributed by atoms with Crippen molar-refractivity contribution in [3.8, 4) is 5.82 Å². The van der Waals surface area contributed by atoms with Gasteiger partial charge in [0.2, 0.25) is 11.6 Å². The molecule has 0 saturated carbocycles. The molecule has 0 unspecified atom stereocenters. The molecule has 13 heteroatoms. The van der Waals surface area contributed by atoms with E-state index in [0.717, 1.165) is 8.80 Å². The van der Waals surface area contributed by atoms with Crippen molar-refractivity contribution in [3.05, 3.63) is 82.4 Å². The second kappa shape index (κ2) is 6.81. The second-order valence-electron chi connectivity index (χ2n) is 7.67. The van der Waals surface area contributed by atoms with Gasteiger partial charge in [0.1, 0.15) is 11.5 Å². The van der Waals surface area contributed by atoms with Crippen LogP contribution in [0.4, 0.5) is 26.3 Å². The number of benzene rings is 2. The molecule has 4 aromatic heterocycles. The molecule has 7 nitrogen and oxygen atoms in total. The maximum absolute atomic E-state index is 14.2. The monoisotopic (exact) mass is 488 g/mol. The largest absolute Gasteiger partial charge is 0.433 e. The van der Waals surface area contributed by atoms with Crippen LogP contribution in [0, 0.1) is 0 Å². The molecule has 35 heavy (non-hydrogen) atoms. The molecule has 0 aliphatic carbocycles. The zero-order chi connectivity index (χ0) is 24.7. The standard InChI is InChI=1S/C22H10F6N6O/c23-21(24,25)15-9-17(32-13-7-3-1-5-11(13)29-19(32)31-15)34-16(22(26,27)28)10-18(35)33-14-8-4-2-6-12(14)30-20(33)34/h1-10H. The number of nitrogens with zero attached hydrogens (tertiary/aromatic N) is 6. The Bertz CT molecular complexity index is 1860. The van der Waals surface area contributed by atoms with Gasteiger partial charge in [-0.25, -0.2) is 19.4 Å². The van der Waals surface area contributed by atoms with Crippen LogP contribution in [0.1, 0.15) is 11.4 Å². The molecule has 2 aromatic carbocycles. The van der Waals surface area contributed by atoms with Crippen molar-refractivity contribution in [3.63, 3.8) is 0 Å². The van der Waals surface area contributed by atoms with E-state index < -0.39 is 46.7 Å². The lowest BCUT2D eigenvalue weighted by Gasteiger charge is -2.19. The highest BCUT2D eigenvalue weighted by Crippen LogP contribution is 2.35. The van der Waals surface area contributed by atoms with Crippen LogP contribution in [-0.4, -0.2) is 28.3 Å². The lowest BCUT2D eigenvalue weighted by molar-refractivity contribution is -0.142. The molecule has 0 spiro atoms. The first kappa shape index (κ1) is 21.1. The third-order valence-corrected chi connectivity index (χ3v) is 5.53. The predicted molar refractivity (Wildman–Crippen MR) is 112 cm³/mol. The van der Waals surface area contributed by atoms with Gasteiger partial charge in [-0.3, -0.25) is 13.8 Å². The zero-order valence-electron chi connectivity index (χ0n) is 17.1. The number of para-hydroxylation sites is 4. The van der Waals surface area contributed by atoms with Crippen LogP contribution in [-0.2, 0) is 12.4 Å². The third-order valence-electron chi connectivity index (χ3n) is 5.53. The Morgan fingerprint density at radius 1 is 0.686 bits per heavy atom. The van der Waals surface area contributed by atoms with Gasteiger partial charge < -0.3 is 0 Å². The van der Waals surface area contributed by atoms with E-state index >= 15 is 0 Å². The van der Waals surface area contributed by atoms with Gasteiger partial charge in [-0.1, -0.05) is 24.3 Å². The molecule has 4 heterocycles. The Balaban J connectivity index is 1.90. The van der Waals surface area contributed by atoms with Crippen LogP contribution < -0.4 is 5.56 Å². The van der Waals surface area contributed by atoms with Crippen molar-refractivity contribution >= 4 is 33.6 Å². The topological polar surface area (TPSA) is 69.5 Å². The zero-order valence-corrected chi connectivity index (χ0v) is 17.1. The number of hydrogen-bond donors (Lipinski definition) is 0. The molecular weight excluding hydrogens is 478 g/mol. The predicted octanol–water partition coefficient (Wildman–Crippen LogP) is 4.87. The van der Waals surface area contributed by atoms with E-state index in [4.69, 9.17) is 0 Å². The molecule has 0 aliphatic heterocycles. The van der Waals surface area contributed by atoms with Crippen molar-refractivity contribution in [2.75, 3.05) is 0 Å². The van der Waals surface area contributed by atoms with Gasteiger partial charge in [0.25, 0.3) is 5.56 Å². The first-order chi connectivity index (χ1) is 16.5. The van der Waals surface area contributed by atoms with Gasteiger partial charge in [-0.2, -0.15) is 26.3 Å². The normalized spacial score (nSPS) is 13.0. The third kappa shape index (κ3) is 3.07. The molecule has 6 rings (SSSR count). The highest BCUT2D eigenvalue weighted by Gasteiger charge is 2.39. The highest BCUT2D eigenvalue weighted by molar-refractivity contribution is 5.82. The number of rotatable bonds is 1. The van der Waals surface area contributed by atoms with E-state index in [1.807, 2.05) is 0 Å². The summed E-state index contributed by atoms with van der Waals surface area (Å²) in [5.74, 6) is -1.55. The van der Waals surface area contributed by atoms with E-state index in [9.17, 15) is 31.1 Å². The second-order valence-corrected chi connectivity index (χ2v) is 7.67. The van der Waals surface area contributed by atoms with Crippen LogP contribution in [0.3, 0.4) is 0 Å². The van der Waals surface area contributed by atoms with Gasteiger partial charge in [-0.15, -0.1) is 0 Å². The summed E-state index contributed by atoms with van der Waals surface area (Å²) in [6.07, 6.45) is -10.1. The fourth-order valence-corrected chi connectivity index (χ4v) is 4.12. The summed E-state index contributed by atoms with van der Waals surface area (Å²) in [6, 6.07) is 13.0. The molecule has 0 radical (unpaired) electrons. The lowest BCUT2D eigenvalue weighted by atomic mass is 10.3. The van der Waals surface area contributed by atoms with Crippen molar-refractivity contribution in [1.82, 2.24) is 28.3 Å². The molecule has 0 fully saturated rings. The molecule has 0 amide bonds. The lowest BCUT2D eigenvalue weighted by Crippen LogP contribution is -2.26. The number of aromatic nitrogens is 6. The Morgan fingerprint density at radius 2 is 1.29 bits per heavy atom. The van der Waals surface area contributed by atoms with E-state index in [0.29, 0.717) is 16.7 Å². The molecule has 0 N–H and O–H groups in total. The van der Waals surface area contributed by atoms with Gasteiger partial charge in [0, 0.05) is 12.1 Å². The van der Waals surface area contributed by atoms with Crippen molar-refractivity contribution in [2.24, 2.45) is 0 Å². The van der Waals surface area contributed by atoms with E-state index in [2.05, 4.69) is 15.0 Å². The van der Waals surface area contributed by atoms with Gasteiger partial charge >= 0.3 is 12.4 Å². The van der Waals surface area contributed by atoms with Crippen LogP contribution in [0.5, 0.6) is 0 Å². The molecule has 0 bridgehead atoms. The summed E-state index contributed by atoms with van der Waals surface area (Å²) in [4.78, 5) is 24.6. The molecular formula is C22H10F6N6O. The highest BCUT2D eigenvalue weighted by atomic mass is 19.4. The SMILES string of the molecule is O=c1cc(C(F)(F)F)n(-c2cc(C(F)(F)F)nc3nc4ccccc4n23)c2nc3ccccc3n12. The summed E-state index contributed by atoms with van der Waals surface area (Å²) in [5.41, 5.74) is -3.14. The Labute approximate surface area is 189 Å². The molecule has 6 aromatic rings. The quantitative estimate of drug-likeness (QED) is 0.310. The minimum atomic E-state index is -5.11. The van der Waals surface area contributed by atoms with Crippen LogP contribution in [0.2, 0.25) is 0 Å². The average Bonchev–Trinajstić information content (AvgIpc) is 3.36. The van der Waals surface area contributed by atoms with Crippen LogP contribution >= 0.6 is 0 Å². The molecule has 176 valence electrons. The van der Waals surface area contributed by atoms with Crippen molar-refractivity contribution < 1.29 is 26.3 Å². The number of alkyl halides is 6. The smallest absolute Gasteiger partial charge is 0.269 e. The summed E-state index contributed by atoms with van der Waals surface area (Å²) in [7, 11) is 0. The van der Waals surface area contributed by atoms with E-state index in [1.54, 1.807) is 24.3 Å². The van der Waals surface area contributed by atoms with Crippen molar-refractivity contribution in [1.29, 1.82) is 0 Å². The van der Waals surface area contributed by atoms with Crippen molar-refractivity contribution in [2.45, 2.75) is 12.4 Å². The Morgan fingerprint density at radius 3 is 1.91 bits per heavy atom. The average molecular weight is 488 g/mol. The number of halogens is 6. The van der Waals surface area contributed by atoms with Gasteiger partial charge in [0.05, 0.1) is 22.1 Å². The number of imidazole rings is 2. The summed E-state index contributed by atoms with van der Waals surface area (Å²) in [5, 5.41) is 0. The maximum atomic E-state index is 14.2. The minimum absolute atomic E-state index is 0.189. The number of hydrogen-bond acceptors (Lipinski definition) is 4. The Hall–Kier alpha value is -4.42. The molecule has 0 aliphatic rings. The summed E-state index contributed by atoms with van der Waals surface area (Å²) in [6.45, 7) is 0.